The zero-order valence-electron chi connectivity index (χ0n) is 18.2. The molecule has 1 atom stereocenters. The Labute approximate surface area is 180 Å². The van der Waals surface area contributed by atoms with Gasteiger partial charge in [-0.3, -0.25) is 4.79 Å². The summed E-state index contributed by atoms with van der Waals surface area (Å²) in [6, 6.07) is 5.58. The number of hydrogen-bond donors (Lipinski definition) is 2. The SMILES string of the molecule is CCCCCCCCCCCCOc1ccc(C(=O)N[C@@H](CCC=O)C(=O)O)cc1. The highest BCUT2D eigenvalue weighted by Crippen LogP contribution is 2.14. The molecule has 1 aromatic carbocycles. The van der Waals surface area contributed by atoms with Gasteiger partial charge in [0.15, 0.2) is 0 Å². The van der Waals surface area contributed by atoms with E-state index in [0.717, 1.165) is 12.8 Å². The Morgan fingerprint density at radius 1 is 0.967 bits per heavy atom. The first-order valence-corrected chi connectivity index (χ1v) is 11.3. The van der Waals surface area contributed by atoms with Gasteiger partial charge in [-0.1, -0.05) is 64.7 Å². The van der Waals surface area contributed by atoms with E-state index < -0.39 is 17.9 Å². The maximum atomic E-state index is 12.2. The summed E-state index contributed by atoms with van der Waals surface area (Å²) in [5.41, 5.74) is 0.360. The second-order valence-corrected chi connectivity index (χ2v) is 7.66. The van der Waals surface area contributed by atoms with Crippen LogP contribution >= 0.6 is 0 Å². The molecule has 0 spiro atoms. The molecule has 0 aliphatic heterocycles. The van der Waals surface area contributed by atoms with E-state index in [-0.39, 0.29) is 12.8 Å². The summed E-state index contributed by atoms with van der Waals surface area (Å²) in [4.78, 5) is 33.8. The van der Waals surface area contributed by atoms with Gasteiger partial charge in [-0.15, -0.1) is 0 Å². The number of benzene rings is 1. The van der Waals surface area contributed by atoms with Crippen molar-refractivity contribution in [2.24, 2.45) is 0 Å². The smallest absolute Gasteiger partial charge is 0.326 e. The molecule has 6 heteroatoms. The number of carbonyl (C=O) groups is 3. The lowest BCUT2D eigenvalue weighted by atomic mass is 10.1. The fourth-order valence-electron chi connectivity index (χ4n) is 3.22. The molecule has 168 valence electrons. The van der Waals surface area contributed by atoms with Crippen molar-refractivity contribution < 1.29 is 24.2 Å². The van der Waals surface area contributed by atoms with Crippen LogP contribution in [-0.2, 0) is 9.59 Å². The molecule has 2 N–H and O–H groups in total. The van der Waals surface area contributed by atoms with Crippen LogP contribution in [0.2, 0.25) is 0 Å². The van der Waals surface area contributed by atoms with E-state index in [1.807, 2.05) is 0 Å². The van der Waals surface area contributed by atoms with Crippen LogP contribution in [0.1, 0.15) is 94.3 Å². The van der Waals surface area contributed by atoms with Crippen LogP contribution in [0.25, 0.3) is 0 Å². The molecule has 0 aliphatic carbocycles. The molecule has 0 saturated carbocycles. The number of nitrogens with one attached hydrogen (secondary N) is 1. The highest BCUT2D eigenvalue weighted by molar-refractivity contribution is 5.96. The van der Waals surface area contributed by atoms with Crippen LogP contribution < -0.4 is 10.1 Å². The third kappa shape index (κ3) is 11.6. The Balaban J connectivity index is 2.21. The van der Waals surface area contributed by atoms with Gasteiger partial charge in [0.2, 0.25) is 0 Å². The van der Waals surface area contributed by atoms with E-state index in [2.05, 4.69) is 12.2 Å². The van der Waals surface area contributed by atoms with Gasteiger partial charge in [0.1, 0.15) is 18.1 Å². The van der Waals surface area contributed by atoms with Crippen LogP contribution in [0.5, 0.6) is 5.75 Å². The average Bonchev–Trinajstić information content (AvgIpc) is 2.75. The minimum atomic E-state index is -1.15. The van der Waals surface area contributed by atoms with E-state index in [0.29, 0.717) is 24.2 Å². The zero-order chi connectivity index (χ0) is 22.0. The molecule has 1 aromatic rings. The summed E-state index contributed by atoms with van der Waals surface area (Å²) in [6.07, 6.45) is 13.6. The Bertz CT molecular complexity index is 615. The molecule has 0 bridgehead atoms. The van der Waals surface area contributed by atoms with Gasteiger partial charge in [0.25, 0.3) is 5.91 Å². The molecule has 0 aromatic heterocycles. The van der Waals surface area contributed by atoms with Gasteiger partial charge < -0.3 is 20.0 Å². The highest BCUT2D eigenvalue weighted by Gasteiger charge is 2.20. The van der Waals surface area contributed by atoms with Crippen molar-refractivity contribution >= 4 is 18.2 Å². The number of hydrogen-bond acceptors (Lipinski definition) is 4. The van der Waals surface area contributed by atoms with Crippen molar-refractivity contribution in [1.82, 2.24) is 5.32 Å². The molecule has 0 fully saturated rings. The first-order valence-electron chi connectivity index (χ1n) is 11.3. The van der Waals surface area contributed by atoms with Crippen molar-refractivity contribution in [1.29, 1.82) is 0 Å². The van der Waals surface area contributed by atoms with Gasteiger partial charge in [0.05, 0.1) is 6.61 Å². The molecule has 0 radical (unpaired) electrons. The Kier molecular flexibility index (Phi) is 14.1. The standard InChI is InChI=1S/C24H37NO5/c1-2-3-4-5-6-7-8-9-10-11-19-30-21-16-14-20(15-17-21)23(27)25-22(24(28)29)13-12-18-26/h14-18,22H,2-13,19H2,1H3,(H,25,27)(H,28,29)/t22-/m0/s1. The molecule has 0 heterocycles. The zero-order valence-corrected chi connectivity index (χ0v) is 18.2. The van der Waals surface area contributed by atoms with Gasteiger partial charge in [-0.05, 0) is 37.1 Å². The van der Waals surface area contributed by atoms with E-state index in [1.165, 1.54) is 51.4 Å². The summed E-state index contributed by atoms with van der Waals surface area (Å²) >= 11 is 0. The number of unbranched alkanes of at least 4 members (excludes halogenated alkanes) is 9. The molecule has 0 unspecified atom stereocenters. The summed E-state index contributed by atoms with van der Waals surface area (Å²) in [7, 11) is 0. The maximum Gasteiger partial charge on any atom is 0.326 e. The fourth-order valence-corrected chi connectivity index (χ4v) is 3.22. The van der Waals surface area contributed by atoms with Crippen LogP contribution in [0.15, 0.2) is 24.3 Å². The van der Waals surface area contributed by atoms with Crippen LogP contribution in [0.3, 0.4) is 0 Å². The number of rotatable bonds is 18. The number of carboxylic acids is 1. The number of aliphatic carboxylic acids is 1. The number of carbonyl (C=O) groups excluding carboxylic acids is 2. The molecule has 30 heavy (non-hydrogen) atoms. The molecule has 1 rings (SSSR count). The molecule has 0 saturated heterocycles. The van der Waals surface area contributed by atoms with E-state index in [4.69, 9.17) is 9.84 Å². The lowest BCUT2D eigenvalue weighted by Gasteiger charge is -2.13. The van der Waals surface area contributed by atoms with Gasteiger partial charge in [-0.25, -0.2) is 4.79 Å². The maximum absolute atomic E-state index is 12.2. The molecule has 1 amide bonds. The molecular weight excluding hydrogens is 382 g/mol. The predicted octanol–water partition coefficient (Wildman–Crippen LogP) is 5.15. The topological polar surface area (TPSA) is 92.7 Å². The quantitative estimate of drug-likeness (QED) is 0.254. The minimum absolute atomic E-state index is 0.0740. The monoisotopic (exact) mass is 419 g/mol. The fraction of sp³-hybridized carbons (Fsp3) is 0.625. The Hall–Kier alpha value is -2.37. The first-order chi connectivity index (χ1) is 14.6. The number of carboxylic acid groups (broad SMARTS) is 1. The summed E-state index contributed by atoms with van der Waals surface area (Å²) < 4.78 is 5.72. The van der Waals surface area contributed by atoms with Crippen molar-refractivity contribution in [2.45, 2.75) is 90.0 Å². The third-order valence-electron chi connectivity index (χ3n) is 5.06. The van der Waals surface area contributed by atoms with Crippen molar-refractivity contribution in [2.75, 3.05) is 6.61 Å². The summed E-state index contributed by atoms with van der Waals surface area (Å²) in [5.74, 6) is -0.936. The molecule has 0 aliphatic rings. The third-order valence-corrected chi connectivity index (χ3v) is 5.06. The van der Waals surface area contributed by atoms with Gasteiger partial charge in [0, 0.05) is 12.0 Å². The lowest BCUT2D eigenvalue weighted by Crippen LogP contribution is -2.40. The minimum Gasteiger partial charge on any atom is -0.494 e. The largest absolute Gasteiger partial charge is 0.494 e. The van der Waals surface area contributed by atoms with E-state index >= 15 is 0 Å². The van der Waals surface area contributed by atoms with E-state index in [1.54, 1.807) is 24.3 Å². The number of amides is 1. The summed E-state index contributed by atoms with van der Waals surface area (Å²) in [6.45, 7) is 2.89. The highest BCUT2D eigenvalue weighted by atomic mass is 16.5. The second kappa shape index (κ2) is 16.4. The van der Waals surface area contributed by atoms with E-state index in [9.17, 15) is 14.4 Å². The van der Waals surface area contributed by atoms with Crippen molar-refractivity contribution in [3.8, 4) is 5.75 Å². The predicted molar refractivity (Wildman–Crippen MR) is 118 cm³/mol. The average molecular weight is 420 g/mol. The van der Waals surface area contributed by atoms with Gasteiger partial charge >= 0.3 is 5.97 Å². The van der Waals surface area contributed by atoms with Gasteiger partial charge in [-0.2, -0.15) is 0 Å². The van der Waals surface area contributed by atoms with Crippen molar-refractivity contribution in [3.63, 3.8) is 0 Å². The first kappa shape index (κ1) is 25.7. The summed E-state index contributed by atoms with van der Waals surface area (Å²) in [5, 5.41) is 11.6. The lowest BCUT2D eigenvalue weighted by molar-refractivity contribution is -0.139. The van der Waals surface area contributed by atoms with Crippen LogP contribution in [0, 0.1) is 0 Å². The second-order valence-electron chi connectivity index (χ2n) is 7.66. The number of aldehydes is 1. The van der Waals surface area contributed by atoms with Crippen LogP contribution in [0.4, 0.5) is 0 Å². The Morgan fingerprint density at radius 3 is 2.07 bits per heavy atom. The normalized spacial score (nSPS) is 11.6. The molecule has 6 nitrogen and oxygen atoms in total. The molecular formula is C24H37NO5. The number of ether oxygens (including phenoxy) is 1. The van der Waals surface area contributed by atoms with Crippen molar-refractivity contribution in [3.05, 3.63) is 29.8 Å². The van der Waals surface area contributed by atoms with Crippen LogP contribution in [-0.4, -0.2) is 35.9 Å². The Morgan fingerprint density at radius 2 is 1.53 bits per heavy atom.